The van der Waals surface area contributed by atoms with Crippen molar-refractivity contribution in [3.05, 3.63) is 35.9 Å². The first-order valence-electron chi connectivity index (χ1n) is 6.74. The van der Waals surface area contributed by atoms with Crippen molar-refractivity contribution in [2.75, 3.05) is 6.54 Å². The highest BCUT2D eigenvalue weighted by molar-refractivity contribution is 5.81. The summed E-state index contributed by atoms with van der Waals surface area (Å²) in [6, 6.07) is 9.59. The van der Waals surface area contributed by atoms with Crippen LogP contribution in [-0.4, -0.2) is 46.0 Å². The first-order valence-corrected chi connectivity index (χ1v) is 6.74. The molecule has 106 valence electrons. The van der Waals surface area contributed by atoms with Crippen LogP contribution in [0.2, 0.25) is 0 Å². The zero-order valence-corrected chi connectivity index (χ0v) is 11.1. The van der Waals surface area contributed by atoms with Crippen LogP contribution >= 0.6 is 0 Å². The van der Waals surface area contributed by atoms with Gasteiger partial charge in [-0.25, -0.2) is 4.79 Å². The summed E-state index contributed by atoms with van der Waals surface area (Å²) in [6.07, 6.45) is 3.06. The highest BCUT2D eigenvalue weighted by atomic mass is 16.7. The van der Waals surface area contributed by atoms with Crippen LogP contribution in [0, 0.1) is 0 Å². The molecule has 20 heavy (non-hydrogen) atoms. The SMILES string of the molecule is O=C1N2C[C@@H](CC[C@H]2/C=N\O)N1OCc1ccccc1. The fourth-order valence-corrected chi connectivity index (χ4v) is 2.78. The predicted octanol–water partition coefficient (Wildman–Crippen LogP) is 1.85. The number of nitrogens with zero attached hydrogens (tertiary/aromatic N) is 3. The lowest BCUT2D eigenvalue weighted by molar-refractivity contribution is -0.140. The van der Waals surface area contributed by atoms with Gasteiger partial charge < -0.3 is 10.1 Å². The number of carbonyl (C=O) groups is 1. The molecule has 2 aliphatic heterocycles. The third-order valence-corrected chi connectivity index (χ3v) is 3.82. The molecule has 6 nitrogen and oxygen atoms in total. The van der Waals surface area contributed by atoms with Crippen LogP contribution in [0.3, 0.4) is 0 Å². The average molecular weight is 275 g/mol. The number of urea groups is 1. The second-order valence-corrected chi connectivity index (χ2v) is 5.08. The Balaban J connectivity index is 1.65. The maximum absolute atomic E-state index is 12.3. The van der Waals surface area contributed by atoms with Crippen molar-refractivity contribution in [2.45, 2.75) is 31.5 Å². The number of hydrogen-bond donors (Lipinski definition) is 1. The lowest BCUT2D eigenvalue weighted by Crippen LogP contribution is -2.40. The largest absolute Gasteiger partial charge is 0.411 e. The van der Waals surface area contributed by atoms with Gasteiger partial charge in [0, 0.05) is 6.54 Å². The van der Waals surface area contributed by atoms with E-state index in [4.69, 9.17) is 10.0 Å². The Morgan fingerprint density at radius 2 is 2.15 bits per heavy atom. The Labute approximate surface area is 117 Å². The molecular weight excluding hydrogens is 258 g/mol. The third kappa shape index (κ3) is 2.34. The molecule has 2 bridgehead atoms. The summed E-state index contributed by atoms with van der Waals surface area (Å²) >= 11 is 0. The molecule has 2 aliphatic rings. The molecule has 0 saturated carbocycles. The van der Waals surface area contributed by atoms with E-state index in [1.54, 1.807) is 4.90 Å². The minimum atomic E-state index is -0.145. The number of fused-ring (bicyclic) bond motifs is 2. The van der Waals surface area contributed by atoms with E-state index >= 15 is 0 Å². The Bertz CT molecular complexity index is 506. The van der Waals surface area contributed by atoms with Gasteiger partial charge in [0.2, 0.25) is 0 Å². The molecule has 2 amide bonds. The first-order chi connectivity index (χ1) is 9.79. The van der Waals surface area contributed by atoms with E-state index < -0.39 is 0 Å². The third-order valence-electron chi connectivity index (χ3n) is 3.82. The highest BCUT2D eigenvalue weighted by Crippen LogP contribution is 2.29. The Hall–Kier alpha value is -2.08. The summed E-state index contributed by atoms with van der Waals surface area (Å²) in [7, 11) is 0. The Morgan fingerprint density at radius 1 is 1.35 bits per heavy atom. The summed E-state index contributed by atoms with van der Waals surface area (Å²) in [5.41, 5.74) is 1.03. The van der Waals surface area contributed by atoms with Crippen LogP contribution in [0.5, 0.6) is 0 Å². The van der Waals surface area contributed by atoms with Gasteiger partial charge in [-0.3, -0.25) is 4.84 Å². The molecule has 0 aliphatic carbocycles. The topological polar surface area (TPSA) is 65.4 Å². The smallest absolute Gasteiger partial charge is 0.344 e. The van der Waals surface area contributed by atoms with Gasteiger partial charge in [-0.2, -0.15) is 5.06 Å². The van der Waals surface area contributed by atoms with Crippen LogP contribution < -0.4 is 0 Å². The molecule has 2 saturated heterocycles. The number of hydroxylamine groups is 2. The van der Waals surface area contributed by atoms with Crippen molar-refractivity contribution in [1.29, 1.82) is 0 Å². The van der Waals surface area contributed by atoms with Crippen LogP contribution in [0.15, 0.2) is 35.5 Å². The van der Waals surface area contributed by atoms with Crippen molar-refractivity contribution in [3.8, 4) is 0 Å². The fourth-order valence-electron chi connectivity index (χ4n) is 2.78. The minimum Gasteiger partial charge on any atom is -0.411 e. The molecule has 1 aromatic carbocycles. The number of hydrogen-bond acceptors (Lipinski definition) is 4. The van der Waals surface area contributed by atoms with E-state index in [2.05, 4.69) is 5.16 Å². The lowest BCUT2D eigenvalue weighted by Gasteiger charge is -2.26. The van der Waals surface area contributed by atoms with Crippen molar-refractivity contribution < 1.29 is 14.8 Å². The molecule has 3 rings (SSSR count). The maximum atomic E-state index is 12.3. The van der Waals surface area contributed by atoms with E-state index in [1.165, 1.54) is 11.3 Å². The van der Waals surface area contributed by atoms with E-state index in [1.807, 2.05) is 30.3 Å². The van der Waals surface area contributed by atoms with E-state index in [9.17, 15) is 4.79 Å². The monoisotopic (exact) mass is 275 g/mol. The molecule has 0 unspecified atom stereocenters. The molecular formula is C14H17N3O3. The van der Waals surface area contributed by atoms with Gasteiger partial charge in [0.25, 0.3) is 0 Å². The second kappa shape index (κ2) is 5.50. The van der Waals surface area contributed by atoms with Gasteiger partial charge in [-0.15, -0.1) is 0 Å². The zero-order valence-electron chi connectivity index (χ0n) is 11.1. The van der Waals surface area contributed by atoms with Crippen LogP contribution in [0.4, 0.5) is 4.79 Å². The summed E-state index contributed by atoms with van der Waals surface area (Å²) in [5, 5.41) is 13.2. The number of carbonyl (C=O) groups excluding carboxylic acids is 1. The van der Waals surface area contributed by atoms with Crippen molar-refractivity contribution in [1.82, 2.24) is 9.96 Å². The summed E-state index contributed by atoms with van der Waals surface area (Å²) in [4.78, 5) is 19.6. The second-order valence-electron chi connectivity index (χ2n) is 5.08. The molecule has 0 spiro atoms. The number of oxime groups is 1. The van der Waals surface area contributed by atoms with Gasteiger partial charge >= 0.3 is 6.03 Å². The average Bonchev–Trinajstić information content (AvgIpc) is 2.73. The molecule has 2 fully saturated rings. The summed E-state index contributed by atoms with van der Waals surface area (Å²) in [5.74, 6) is 0. The molecule has 0 radical (unpaired) electrons. The normalized spacial score (nSPS) is 25.7. The quantitative estimate of drug-likeness (QED) is 0.518. The predicted molar refractivity (Wildman–Crippen MR) is 72.3 cm³/mol. The van der Waals surface area contributed by atoms with E-state index in [-0.39, 0.29) is 18.1 Å². The summed E-state index contributed by atoms with van der Waals surface area (Å²) < 4.78 is 0. The molecule has 0 aromatic heterocycles. The van der Waals surface area contributed by atoms with Gasteiger partial charge in [0.05, 0.1) is 18.3 Å². The number of piperidine rings is 1. The minimum absolute atomic E-state index is 0.0922. The highest BCUT2D eigenvalue weighted by Gasteiger charge is 2.45. The van der Waals surface area contributed by atoms with Gasteiger partial charge in [0.15, 0.2) is 0 Å². The molecule has 2 atom stereocenters. The van der Waals surface area contributed by atoms with Gasteiger partial charge in [-0.1, -0.05) is 35.5 Å². The Kier molecular flexibility index (Phi) is 3.56. The molecule has 2 heterocycles. The molecule has 6 heteroatoms. The van der Waals surface area contributed by atoms with E-state index in [0.717, 1.165) is 18.4 Å². The van der Waals surface area contributed by atoms with Gasteiger partial charge in [-0.05, 0) is 18.4 Å². The van der Waals surface area contributed by atoms with Crippen molar-refractivity contribution in [3.63, 3.8) is 0 Å². The fraction of sp³-hybridized carbons (Fsp3) is 0.429. The van der Waals surface area contributed by atoms with Crippen molar-refractivity contribution >= 4 is 12.2 Å². The number of benzene rings is 1. The number of rotatable bonds is 4. The van der Waals surface area contributed by atoms with Gasteiger partial charge in [0.1, 0.15) is 6.61 Å². The molecule has 1 aromatic rings. The zero-order chi connectivity index (χ0) is 13.9. The first kappa shape index (κ1) is 12.9. The van der Waals surface area contributed by atoms with Crippen LogP contribution in [0.1, 0.15) is 18.4 Å². The standard InChI is InChI=1S/C14H17N3O3/c18-14-16-9-13(7-6-12(16)8-15-19)17(14)20-10-11-4-2-1-3-5-11/h1-5,8,12-13,19H,6-7,9-10H2/b15-8-/t12-,13+/m0/s1. The van der Waals surface area contributed by atoms with Crippen LogP contribution in [0.25, 0.3) is 0 Å². The Morgan fingerprint density at radius 3 is 2.90 bits per heavy atom. The van der Waals surface area contributed by atoms with Crippen molar-refractivity contribution in [2.24, 2.45) is 5.16 Å². The molecule has 1 N–H and O–H groups in total. The summed E-state index contributed by atoms with van der Waals surface area (Å²) in [6.45, 7) is 1.01. The van der Waals surface area contributed by atoms with E-state index in [0.29, 0.717) is 13.2 Å². The lowest BCUT2D eigenvalue weighted by atomic mass is 10.0. The maximum Gasteiger partial charge on any atom is 0.344 e. The van der Waals surface area contributed by atoms with Crippen LogP contribution in [-0.2, 0) is 11.4 Å². The number of amides is 2.